The van der Waals surface area contributed by atoms with Crippen molar-refractivity contribution in [3.8, 4) is 0 Å². The number of aliphatic carboxylic acids is 1. The zero-order chi connectivity index (χ0) is 16.6. The molecule has 0 saturated carbocycles. The van der Waals surface area contributed by atoms with E-state index in [1.54, 1.807) is 6.26 Å². The summed E-state index contributed by atoms with van der Waals surface area (Å²) in [5.74, 6) is -0.0921. The van der Waals surface area contributed by atoms with Gasteiger partial charge in [0.25, 0.3) is 11.5 Å². The van der Waals surface area contributed by atoms with Gasteiger partial charge in [-0.05, 0) is 18.4 Å². The fourth-order valence-electron chi connectivity index (χ4n) is 2.37. The molecule has 3 heterocycles. The third-order valence-electron chi connectivity index (χ3n) is 3.36. The van der Waals surface area contributed by atoms with Gasteiger partial charge in [0.05, 0.1) is 0 Å². The number of aromatic nitrogens is 2. The number of thioether (sulfide) groups is 2. The van der Waals surface area contributed by atoms with Crippen molar-refractivity contribution in [1.82, 2.24) is 14.7 Å². The predicted molar refractivity (Wildman–Crippen MR) is 91.0 cm³/mol. The summed E-state index contributed by atoms with van der Waals surface area (Å²) < 4.78 is 1.51. The topological polar surface area (TPSA) is 101 Å². The first-order valence-electron chi connectivity index (χ1n) is 6.72. The number of carboxylic acids is 1. The fourth-order valence-corrected chi connectivity index (χ4v) is 5.26. The number of thiazole rings is 1. The first-order valence-corrected chi connectivity index (χ1v) is 9.91. The monoisotopic (exact) mass is 371 g/mol. The van der Waals surface area contributed by atoms with Crippen molar-refractivity contribution in [1.29, 1.82) is 0 Å². The predicted octanol–water partition coefficient (Wildman–Crippen LogP) is 1.08. The van der Waals surface area contributed by atoms with Crippen LogP contribution in [0.2, 0.25) is 0 Å². The highest BCUT2D eigenvalue weighted by Gasteiger charge is 2.25. The third kappa shape index (κ3) is 2.98. The molecule has 0 aromatic carbocycles. The summed E-state index contributed by atoms with van der Waals surface area (Å²) in [7, 11) is 0. The Morgan fingerprint density at radius 3 is 2.96 bits per heavy atom. The van der Waals surface area contributed by atoms with Gasteiger partial charge in [0, 0.05) is 16.3 Å². The van der Waals surface area contributed by atoms with E-state index in [9.17, 15) is 14.4 Å². The molecule has 1 aliphatic rings. The SMILES string of the molecule is CSc1nc2sc3c(n2c(=O)c1C(=O)NCC(=O)O)CCSC3. The normalized spacial score (nSPS) is 13.8. The number of hydrogen-bond acceptors (Lipinski definition) is 7. The molecule has 0 atom stereocenters. The molecule has 23 heavy (non-hydrogen) atoms. The van der Waals surface area contributed by atoms with Crippen LogP contribution in [0.4, 0.5) is 0 Å². The van der Waals surface area contributed by atoms with Gasteiger partial charge in [-0.3, -0.25) is 18.8 Å². The molecule has 2 aromatic heterocycles. The summed E-state index contributed by atoms with van der Waals surface area (Å²) in [4.78, 5) is 41.8. The standard InChI is InChI=1S/C13H13N3O4S3/c1-21-11-9(10(19)14-4-8(17)18)12(20)16-6-2-3-22-5-7(6)23-13(16)15-11/h2-5H2,1H3,(H,14,19)(H,17,18). The summed E-state index contributed by atoms with van der Waals surface area (Å²) >= 11 is 4.48. The number of carbonyl (C=O) groups is 2. The van der Waals surface area contributed by atoms with E-state index in [4.69, 9.17) is 5.11 Å². The Hall–Kier alpha value is -1.52. The molecule has 0 radical (unpaired) electrons. The summed E-state index contributed by atoms with van der Waals surface area (Å²) in [6, 6.07) is 0. The number of nitrogens with one attached hydrogen (secondary N) is 1. The van der Waals surface area contributed by atoms with Gasteiger partial charge in [-0.25, -0.2) is 4.98 Å². The molecular formula is C13H13N3O4S3. The van der Waals surface area contributed by atoms with Crippen molar-refractivity contribution in [3.63, 3.8) is 0 Å². The molecule has 0 unspecified atom stereocenters. The van der Waals surface area contributed by atoms with Gasteiger partial charge in [0.2, 0.25) is 0 Å². The van der Waals surface area contributed by atoms with E-state index in [1.807, 2.05) is 11.8 Å². The van der Waals surface area contributed by atoms with Crippen LogP contribution in [0.15, 0.2) is 9.82 Å². The molecular weight excluding hydrogens is 358 g/mol. The molecule has 0 saturated heterocycles. The zero-order valence-corrected chi connectivity index (χ0v) is 14.6. The maximum atomic E-state index is 12.8. The maximum Gasteiger partial charge on any atom is 0.322 e. The van der Waals surface area contributed by atoms with Crippen LogP contribution in [0.25, 0.3) is 4.96 Å². The van der Waals surface area contributed by atoms with Gasteiger partial charge >= 0.3 is 5.97 Å². The second-order valence-electron chi connectivity index (χ2n) is 4.77. The number of amides is 1. The van der Waals surface area contributed by atoms with Crippen LogP contribution < -0.4 is 10.9 Å². The minimum Gasteiger partial charge on any atom is -0.480 e. The molecule has 0 bridgehead atoms. The highest BCUT2D eigenvalue weighted by molar-refractivity contribution is 7.98. The molecule has 122 valence electrons. The van der Waals surface area contributed by atoms with E-state index < -0.39 is 24.0 Å². The Bertz CT molecular complexity index is 858. The molecule has 3 rings (SSSR count). The molecule has 2 N–H and O–H groups in total. The first kappa shape index (κ1) is 16.3. The van der Waals surface area contributed by atoms with E-state index in [1.165, 1.54) is 27.5 Å². The molecule has 7 nitrogen and oxygen atoms in total. The van der Waals surface area contributed by atoms with Gasteiger partial charge < -0.3 is 10.4 Å². The van der Waals surface area contributed by atoms with Crippen LogP contribution >= 0.6 is 34.9 Å². The lowest BCUT2D eigenvalue weighted by atomic mass is 10.2. The quantitative estimate of drug-likeness (QED) is 0.613. The summed E-state index contributed by atoms with van der Waals surface area (Å²) in [5.41, 5.74) is 0.405. The average Bonchev–Trinajstić information content (AvgIpc) is 2.90. The van der Waals surface area contributed by atoms with Crippen LogP contribution in [-0.2, 0) is 17.0 Å². The van der Waals surface area contributed by atoms with Crippen molar-refractivity contribution >= 4 is 51.7 Å². The minimum absolute atomic E-state index is 0.0879. The highest BCUT2D eigenvalue weighted by Crippen LogP contribution is 2.31. The van der Waals surface area contributed by atoms with Crippen LogP contribution in [0.3, 0.4) is 0 Å². The molecule has 0 aliphatic carbocycles. The van der Waals surface area contributed by atoms with Crippen molar-refractivity contribution in [3.05, 3.63) is 26.5 Å². The largest absolute Gasteiger partial charge is 0.480 e. The number of nitrogens with zero attached hydrogens (tertiary/aromatic N) is 2. The number of rotatable bonds is 4. The van der Waals surface area contributed by atoms with Crippen LogP contribution in [0.5, 0.6) is 0 Å². The molecule has 1 aliphatic heterocycles. The number of aryl methyl sites for hydroxylation is 1. The summed E-state index contributed by atoms with van der Waals surface area (Å²) in [6.07, 6.45) is 2.49. The Morgan fingerprint density at radius 2 is 2.26 bits per heavy atom. The number of carboxylic acid groups (broad SMARTS) is 1. The Labute approximate surface area is 143 Å². The fraction of sp³-hybridized carbons (Fsp3) is 0.385. The molecule has 0 spiro atoms. The van der Waals surface area contributed by atoms with E-state index in [-0.39, 0.29) is 5.56 Å². The van der Waals surface area contributed by atoms with Gasteiger partial charge in [-0.2, -0.15) is 11.8 Å². The van der Waals surface area contributed by atoms with Crippen molar-refractivity contribution in [2.75, 3.05) is 18.6 Å². The van der Waals surface area contributed by atoms with Crippen molar-refractivity contribution < 1.29 is 14.7 Å². The molecule has 10 heteroatoms. The first-order chi connectivity index (χ1) is 11.0. The number of hydrogen-bond donors (Lipinski definition) is 2. The van der Waals surface area contributed by atoms with Gasteiger partial charge in [0.15, 0.2) is 4.96 Å². The van der Waals surface area contributed by atoms with E-state index in [0.717, 1.165) is 28.5 Å². The lowest BCUT2D eigenvalue weighted by Gasteiger charge is -2.11. The minimum atomic E-state index is -1.16. The van der Waals surface area contributed by atoms with Gasteiger partial charge in [-0.15, -0.1) is 23.1 Å². The Morgan fingerprint density at radius 1 is 1.48 bits per heavy atom. The smallest absolute Gasteiger partial charge is 0.322 e. The summed E-state index contributed by atoms with van der Waals surface area (Å²) in [6.45, 7) is -0.535. The third-order valence-corrected chi connectivity index (χ3v) is 6.30. The Balaban J connectivity index is 2.16. The van der Waals surface area contributed by atoms with Crippen LogP contribution in [0, 0.1) is 0 Å². The lowest BCUT2D eigenvalue weighted by molar-refractivity contribution is -0.135. The van der Waals surface area contributed by atoms with Gasteiger partial charge in [-0.1, -0.05) is 0 Å². The molecule has 1 amide bonds. The number of fused-ring (bicyclic) bond motifs is 3. The van der Waals surface area contributed by atoms with E-state index in [0.29, 0.717) is 9.99 Å². The van der Waals surface area contributed by atoms with Crippen LogP contribution in [-0.4, -0.2) is 44.9 Å². The molecule has 2 aromatic rings. The zero-order valence-electron chi connectivity index (χ0n) is 12.1. The van der Waals surface area contributed by atoms with Crippen LogP contribution in [0.1, 0.15) is 20.9 Å². The maximum absolute atomic E-state index is 12.8. The van der Waals surface area contributed by atoms with Gasteiger partial charge in [0.1, 0.15) is 17.1 Å². The van der Waals surface area contributed by atoms with Crippen molar-refractivity contribution in [2.45, 2.75) is 17.2 Å². The van der Waals surface area contributed by atoms with E-state index in [2.05, 4.69) is 10.3 Å². The number of carbonyl (C=O) groups excluding carboxylic acids is 1. The highest BCUT2D eigenvalue weighted by atomic mass is 32.2. The average molecular weight is 371 g/mol. The lowest BCUT2D eigenvalue weighted by Crippen LogP contribution is -2.35. The second kappa shape index (κ2) is 6.54. The second-order valence-corrected chi connectivity index (χ2v) is 7.73. The van der Waals surface area contributed by atoms with E-state index >= 15 is 0 Å². The van der Waals surface area contributed by atoms with Crippen molar-refractivity contribution in [2.24, 2.45) is 0 Å². The Kier molecular flexibility index (Phi) is 4.64. The summed E-state index contributed by atoms with van der Waals surface area (Å²) in [5, 5.41) is 11.3. The molecule has 0 fully saturated rings.